The number of carbonyl (C=O) groups is 2. The average molecular weight is 348 g/mol. The van der Waals surface area contributed by atoms with Gasteiger partial charge in [-0.1, -0.05) is 42.5 Å². The van der Waals surface area contributed by atoms with Crippen LogP contribution in [0.2, 0.25) is 0 Å². The molecule has 0 radical (unpaired) electrons. The number of nitrogens with one attached hydrogen (secondary N) is 2. The maximum absolute atomic E-state index is 12.4. The monoisotopic (exact) mass is 348 g/mol. The molecule has 0 saturated heterocycles. The lowest BCUT2D eigenvalue weighted by molar-refractivity contribution is -0.120. The third-order valence-corrected chi connectivity index (χ3v) is 5.39. The molecule has 0 aromatic heterocycles. The lowest BCUT2D eigenvalue weighted by atomic mass is 10.1. The Kier molecular flexibility index (Phi) is 4.15. The number of hydrogen-bond donors (Lipinski definition) is 2. The van der Waals surface area contributed by atoms with Crippen LogP contribution in [0.15, 0.2) is 71.6 Å². The van der Waals surface area contributed by atoms with Crippen LogP contribution in [0, 0.1) is 0 Å². The molecule has 3 aromatic rings. The van der Waals surface area contributed by atoms with Crippen molar-refractivity contribution in [3.05, 3.63) is 66.7 Å². The molecule has 25 heavy (non-hydrogen) atoms. The minimum Gasteiger partial charge on any atom is -0.326 e. The Bertz CT molecular complexity index is 971. The van der Waals surface area contributed by atoms with Crippen molar-refractivity contribution in [2.45, 2.75) is 16.6 Å². The molecule has 124 valence electrons. The molecule has 4 nitrogen and oxygen atoms in total. The van der Waals surface area contributed by atoms with Crippen molar-refractivity contribution in [3.8, 4) is 0 Å². The highest BCUT2D eigenvalue weighted by atomic mass is 32.2. The number of benzene rings is 3. The van der Waals surface area contributed by atoms with E-state index in [-0.39, 0.29) is 18.2 Å². The van der Waals surface area contributed by atoms with E-state index < -0.39 is 5.25 Å². The van der Waals surface area contributed by atoms with E-state index >= 15 is 0 Å². The summed E-state index contributed by atoms with van der Waals surface area (Å²) in [7, 11) is 0. The third kappa shape index (κ3) is 3.37. The van der Waals surface area contributed by atoms with Gasteiger partial charge in [0.05, 0.1) is 10.9 Å². The topological polar surface area (TPSA) is 58.2 Å². The van der Waals surface area contributed by atoms with Crippen molar-refractivity contribution in [2.75, 3.05) is 10.6 Å². The van der Waals surface area contributed by atoms with Gasteiger partial charge in [0.25, 0.3) is 0 Å². The summed E-state index contributed by atoms with van der Waals surface area (Å²) in [5, 5.41) is 7.53. The summed E-state index contributed by atoms with van der Waals surface area (Å²) in [4.78, 5) is 25.6. The van der Waals surface area contributed by atoms with Gasteiger partial charge in [-0.05, 0) is 35.0 Å². The Balaban J connectivity index is 1.45. The summed E-state index contributed by atoms with van der Waals surface area (Å²) in [6.07, 6.45) is 0.137. The summed E-state index contributed by atoms with van der Waals surface area (Å²) in [5.74, 6) is -0.292. The predicted octanol–water partition coefficient (Wildman–Crippen LogP) is 4.28. The molecule has 1 aliphatic rings. The number of carbonyl (C=O) groups excluding carboxylic acids is 2. The zero-order valence-corrected chi connectivity index (χ0v) is 14.2. The van der Waals surface area contributed by atoms with Crippen LogP contribution in [-0.4, -0.2) is 17.1 Å². The van der Waals surface area contributed by atoms with Gasteiger partial charge in [-0.25, -0.2) is 0 Å². The third-order valence-electron chi connectivity index (χ3n) is 4.11. The lowest BCUT2D eigenvalue weighted by Crippen LogP contribution is -2.32. The second-order valence-corrected chi connectivity index (χ2v) is 7.15. The zero-order chi connectivity index (χ0) is 17.2. The quantitative estimate of drug-likeness (QED) is 0.743. The van der Waals surface area contributed by atoms with Crippen molar-refractivity contribution in [2.24, 2.45) is 0 Å². The van der Waals surface area contributed by atoms with E-state index in [4.69, 9.17) is 0 Å². The van der Waals surface area contributed by atoms with Gasteiger partial charge in [0.15, 0.2) is 0 Å². The molecule has 0 bridgehead atoms. The highest BCUT2D eigenvalue weighted by molar-refractivity contribution is 8.01. The van der Waals surface area contributed by atoms with E-state index in [1.165, 1.54) is 11.8 Å². The van der Waals surface area contributed by atoms with Gasteiger partial charge in [0.1, 0.15) is 0 Å². The van der Waals surface area contributed by atoms with E-state index in [0.29, 0.717) is 0 Å². The van der Waals surface area contributed by atoms with E-state index in [0.717, 1.165) is 27.0 Å². The van der Waals surface area contributed by atoms with Crippen molar-refractivity contribution in [1.82, 2.24) is 0 Å². The number of hydrogen-bond acceptors (Lipinski definition) is 3. The molecule has 3 aromatic carbocycles. The van der Waals surface area contributed by atoms with Crippen LogP contribution in [0.4, 0.5) is 11.4 Å². The molecule has 0 spiro atoms. The molecule has 1 aliphatic heterocycles. The Morgan fingerprint density at radius 3 is 2.64 bits per heavy atom. The summed E-state index contributed by atoms with van der Waals surface area (Å²) in [5.41, 5.74) is 1.55. The van der Waals surface area contributed by atoms with Crippen LogP contribution in [0.25, 0.3) is 10.8 Å². The molecule has 0 saturated carbocycles. The standard InChI is InChI=1S/C20H16N2O2S/c23-19(21-15-10-9-13-5-1-2-6-14(13)11-15)12-18-20(24)22-16-7-3-4-8-17(16)25-18/h1-11,18H,12H2,(H,21,23)(H,22,24). The number of rotatable bonds is 3. The van der Waals surface area contributed by atoms with Crippen LogP contribution >= 0.6 is 11.8 Å². The van der Waals surface area contributed by atoms with Gasteiger partial charge in [-0.15, -0.1) is 11.8 Å². The molecular weight excluding hydrogens is 332 g/mol. The summed E-state index contributed by atoms with van der Waals surface area (Å²) >= 11 is 1.43. The van der Waals surface area contributed by atoms with E-state index in [1.54, 1.807) is 0 Å². The van der Waals surface area contributed by atoms with Crippen molar-refractivity contribution in [1.29, 1.82) is 0 Å². The van der Waals surface area contributed by atoms with Gasteiger partial charge < -0.3 is 10.6 Å². The van der Waals surface area contributed by atoms with Gasteiger partial charge in [-0.2, -0.15) is 0 Å². The molecule has 5 heteroatoms. The van der Waals surface area contributed by atoms with E-state index in [2.05, 4.69) is 10.6 Å². The highest BCUT2D eigenvalue weighted by Crippen LogP contribution is 2.36. The first-order chi connectivity index (χ1) is 12.2. The average Bonchev–Trinajstić information content (AvgIpc) is 2.62. The molecular formula is C20H16N2O2S. The highest BCUT2D eigenvalue weighted by Gasteiger charge is 2.28. The Morgan fingerprint density at radius 2 is 1.76 bits per heavy atom. The molecule has 1 unspecified atom stereocenters. The SMILES string of the molecule is O=C(CC1Sc2ccccc2NC1=O)Nc1ccc2ccccc2c1. The fourth-order valence-electron chi connectivity index (χ4n) is 2.87. The molecule has 2 amide bonds. The number of amides is 2. The van der Waals surface area contributed by atoms with Crippen LogP contribution in [0.1, 0.15) is 6.42 Å². The summed E-state index contributed by atoms with van der Waals surface area (Å²) in [6, 6.07) is 21.4. The van der Waals surface area contributed by atoms with Crippen molar-refractivity contribution < 1.29 is 9.59 Å². The number of anilines is 2. The van der Waals surface area contributed by atoms with Crippen LogP contribution < -0.4 is 10.6 Å². The first kappa shape index (κ1) is 15.7. The van der Waals surface area contributed by atoms with Gasteiger partial charge >= 0.3 is 0 Å². The van der Waals surface area contributed by atoms with Crippen LogP contribution in [-0.2, 0) is 9.59 Å². The molecule has 0 aliphatic carbocycles. The summed E-state index contributed by atoms with van der Waals surface area (Å²) < 4.78 is 0. The number of fused-ring (bicyclic) bond motifs is 2. The molecule has 1 atom stereocenters. The maximum atomic E-state index is 12.4. The largest absolute Gasteiger partial charge is 0.326 e. The minimum absolute atomic E-state index is 0.127. The number of para-hydroxylation sites is 1. The van der Waals surface area contributed by atoms with E-state index in [9.17, 15) is 9.59 Å². The van der Waals surface area contributed by atoms with Crippen LogP contribution in [0.5, 0.6) is 0 Å². The maximum Gasteiger partial charge on any atom is 0.238 e. The zero-order valence-electron chi connectivity index (χ0n) is 13.4. The fraction of sp³-hybridized carbons (Fsp3) is 0.100. The Labute approximate surface area is 149 Å². The van der Waals surface area contributed by atoms with Gasteiger partial charge in [0, 0.05) is 17.0 Å². The molecule has 0 fully saturated rings. The Hall–Kier alpha value is -2.79. The molecule has 4 rings (SSSR count). The second-order valence-electron chi connectivity index (χ2n) is 5.91. The second kappa shape index (κ2) is 6.61. The summed E-state index contributed by atoms with van der Waals surface area (Å²) in [6.45, 7) is 0. The molecule has 1 heterocycles. The number of thioether (sulfide) groups is 1. The normalized spacial score (nSPS) is 16.2. The van der Waals surface area contributed by atoms with Gasteiger partial charge in [-0.3, -0.25) is 9.59 Å². The smallest absolute Gasteiger partial charge is 0.238 e. The first-order valence-electron chi connectivity index (χ1n) is 8.04. The first-order valence-corrected chi connectivity index (χ1v) is 8.92. The van der Waals surface area contributed by atoms with Crippen LogP contribution in [0.3, 0.4) is 0 Å². The van der Waals surface area contributed by atoms with Crippen molar-refractivity contribution >= 4 is 45.7 Å². The Morgan fingerprint density at radius 1 is 1.00 bits per heavy atom. The van der Waals surface area contributed by atoms with Gasteiger partial charge in [0.2, 0.25) is 11.8 Å². The predicted molar refractivity (Wildman–Crippen MR) is 102 cm³/mol. The molecule has 2 N–H and O–H groups in total. The van der Waals surface area contributed by atoms with E-state index in [1.807, 2.05) is 66.7 Å². The lowest BCUT2D eigenvalue weighted by Gasteiger charge is -2.23. The fourth-order valence-corrected chi connectivity index (χ4v) is 3.98. The minimum atomic E-state index is -0.421. The van der Waals surface area contributed by atoms with Crippen molar-refractivity contribution in [3.63, 3.8) is 0 Å².